The summed E-state index contributed by atoms with van der Waals surface area (Å²) in [6, 6.07) is 0. The van der Waals surface area contributed by atoms with Crippen LogP contribution >= 0.6 is 12.2 Å². The van der Waals surface area contributed by atoms with E-state index in [2.05, 4.69) is 10.7 Å². The van der Waals surface area contributed by atoms with E-state index in [0.717, 1.165) is 19.1 Å². The van der Waals surface area contributed by atoms with Gasteiger partial charge in [0.05, 0.1) is 6.61 Å². The van der Waals surface area contributed by atoms with E-state index in [1.165, 1.54) is 12.8 Å². The maximum atomic E-state index is 5.36. The molecular formula is C7H15N3OS. The first-order valence-electron chi connectivity index (χ1n) is 4.15. The summed E-state index contributed by atoms with van der Waals surface area (Å²) < 4.78 is 5.36. The van der Waals surface area contributed by atoms with E-state index in [-0.39, 0.29) is 0 Å². The maximum Gasteiger partial charge on any atom is 0.180 e. The molecule has 4 N–H and O–H groups in total. The van der Waals surface area contributed by atoms with Crippen LogP contribution in [0.4, 0.5) is 0 Å². The van der Waals surface area contributed by atoms with Crippen molar-refractivity contribution in [2.24, 2.45) is 11.8 Å². The van der Waals surface area contributed by atoms with E-state index >= 15 is 0 Å². The second kappa shape index (κ2) is 5.29. The van der Waals surface area contributed by atoms with E-state index in [9.17, 15) is 0 Å². The molecule has 0 heterocycles. The van der Waals surface area contributed by atoms with Gasteiger partial charge < -0.3 is 15.5 Å². The summed E-state index contributed by atoms with van der Waals surface area (Å²) in [5, 5.41) is 3.36. The van der Waals surface area contributed by atoms with Crippen molar-refractivity contribution in [1.29, 1.82) is 0 Å². The zero-order valence-corrected chi connectivity index (χ0v) is 7.82. The lowest BCUT2D eigenvalue weighted by Crippen LogP contribution is -2.40. The molecule has 0 atom stereocenters. The summed E-state index contributed by atoms with van der Waals surface area (Å²) in [7, 11) is 0. The Morgan fingerprint density at radius 2 is 2.33 bits per heavy atom. The highest BCUT2D eigenvalue weighted by Crippen LogP contribution is 2.28. The average molecular weight is 189 g/mol. The van der Waals surface area contributed by atoms with Crippen LogP contribution in [0.15, 0.2) is 0 Å². The third-order valence-corrected chi connectivity index (χ3v) is 1.98. The van der Waals surface area contributed by atoms with Crippen LogP contribution in [0.2, 0.25) is 0 Å². The smallest absolute Gasteiger partial charge is 0.180 e. The van der Waals surface area contributed by atoms with Gasteiger partial charge in [0.25, 0.3) is 0 Å². The fourth-order valence-electron chi connectivity index (χ4n) is 0.822. The monoisotopic (exact) mass is 189 g/mol. The number of thiocarbonyl (C=S) groups is 1. The lowest BCUT2D eigenvalue weighted by atomic mass is 10.5. The highest BCUT2D eigenvalue weighted by molar-refractivity contribution is 7.80. The zero-order valence-electron chi connectivity index (χ0n) is 7.01. The Hall–Kier alpha value is -0.390. The predicted molar refractivity (Wildman–Crippen MR) is 51.5 cm³/mol. The third kappa shape index (κ3) is 4.48. The van der Waals surface area contributed by atoms with Crippen molar-refractivity contribution >= 4 is 17.3 Å². The van der Waals surface area contributed by atoms with Gasteiger partial charge in [0.1, 0.15) is 0 Å². The van der Waals surface area contributed by atoms with Gasteiger partial charge in [-0.05, 0) is 31.0 Å². The number of nitrogens with one attached hydrogen (secondary N) is 2. The molecule has 1 aliphatic carbocycles. The molecule has 12 heavy (non-hydrogen) atoms. The fraction of sp³-hybridized carbons (Fsp3) is 0.857. The molecular weight excluding hydrogens is 174 g/mol. The van der Waals surface area contributed by atoms with Crippen molar-refractivity contribution in [3.63, 3.8) is 0 Å². The Morgan fingerprint density at radius 3 is 2.92 bits per heavy atom. The lowest BCUT2D eigenvalue weighted by Gasteiger charge is -2.06. The topological polar surface area (TPSA) is 59.3 Å². The number of nitrogens with two attached hydrogens (primary N) is 1. The Bertz CT molecular complexity index is 150. The van der Waals surface area contributed by atoms with Crippen LogP contribution in [0.5, 0.6) is 0 Å². The molecule has 4 nitrogen and oxygen atoms in total. The normalized spacial score (nSPS) is 15.8. The van der Waals surface area contributed by atoms with Gasteiger partial charge in [0.2, 0.25) is 0 Å². The number of hydrazine groups is 1. The van der Waals surface area contributed by atoms with Crippen LogP contribution in [0.25, 0.3) is 0 Å². The molecule has 5 heteroatoms. The van der Waals surface area contributed by atoms with Gasteiger partial charge in [-0.15, -0.1) is 0 Å². The average Bonchev–Trinajstić information content (AvgIpc) is 2.87. The van der Waals surface area contributed by atoms with Gasteiger partial charge in [-0.1, -0.05) is 0 Å². The second-order valence-electron chi connectivity index (χ2n) is 2.92. The molecule has 0 aliphatic heterocycles. The maximum absolute atomic E-state index is 5.36. The molecule has 1 fully saturated rings. The van der Waals surface area contributed by atoms with Gasteiger partial charge in [0.15, 0.2) is 5.11 Å². The molecule has 0 amide bonds. The summed E-state index contributed by atoms with van der Waals surface area (Å²) in [5.74, 6) is 5.87. The van der Waals surface area contributed by atoms with Crippen LogP contribution < -0.4 is 16.6 Å². The van der Waals surface area contributed by atoms with Gasteiger partial charge in [-0.3, -0.25) is 0 Å². The summed E-state index contributed by atoms with van der Waals surface area (Å²) in [4.78, 5) is 0. The molecule has 0 radical (unpaired) electrons. The first-order chi connectivity index (χ1) is 5.83. The van der Waals surface area contributed by atoms with Crippen molar-refractivity contribution < 1.29 is 4.74 Å². The van der Waals surface area contributed by atoms with Crippen LogP contribution in [-0.2, 0) is 4.74 Å². The van der Waals surface area contributed by atoms with Crippen LogP contribution in [-0.4, -0.2) is 24.9 Å². The van der Waals surface area contributed by atoms with Crippen LogP contribution in [0.3, 0.4) is 0 Å². The van der Waals surface area contributed by atoms with Gasteiger partial charge in [-0.25, -0.2) is 5.84 Å². The quantitative estimate of drug-likeness (QED) is 0.241. The van der Waals surface area contributed by atoms with Crippen molar-refractivity contribution in [2.45, 2.75) is 12.8 Å². The first-order valence-corrected chi connectivity index (χ1v) is 4.56. The summed E-state index contributed by atoms with van der Waals surface area (Å²) >= 11 is 4.77. The van der Waals surface area contributed by atoms with E-state index in [0.29, 0.717) is 11.7 Å². The van der Waals surface area contributed by atoms with E-state index in [1.807, 2.05) is 0 Å². The number of hydrogen-bond acceptors (Lipinski definition) is 3. The predicted octanol–water partition coefficient (Wildman–Crippen LogP) is -0.249. The molecule has 1 rings (SSSR count). The van der Waals surface area contributed by atoms with Crippen LogP contribution in [0, 0.1) is 5.92 Å². The second-order valence-corrected chi connectivity index (χ2v) is 3.33. The van der Waals surface area contributed by atoms with Gasteiger partial charge in [-0.2, -0.15) is 0 Å². The Labute approximate surface area is 77.8 Å². The fourth-order valence-corrected chi connectivity index (χ4v) is 0.924. The molecule has 0 unspecified atom stereocenters. The highest BCUT2D eigenvalue weighted by atomic mass is 32.1. The van der Waals surface area contributed by atoms with Crippen molar-refractivity contribution in [2.75, 3.05) is 19.8 Å². The van der Waals surface area contributed by atoms with Crippen molar-refractivity contribution in [3.8, 4) is 0 Å². The zero-order chi connectivity index (χ0) is 8.81. The van der Waals surface area contributed by atoms with E-state index in [4.69, 9.17) is 22.8 Å². The molecule has 0 spiro atoms. The summed E-state index contributed by atoms with van der Waals surface area (Å²) in [6.07, 6.45) is 2.66. The van der Waals surface area contributed by atoms with Crippen LogP contribution in [0.1, 0.15) is 12.8 Å². The number of hydrogen-bond donors (Lipinski definition) is 3. The standard InChI is InChI=1S/C7H15N3OS/c8-10-7(12)9-3-4-11-5-6-1-2-6/h6H,1-5,8H2,(H2,9,10,12). The van der Waals surface area contributed by atoms with Crippen molar-refractivity contribution in [1.82, 2.24) is 10.7 Å². The summed E-state index contributed by atoms with van der Waals surface area (Å²) in [6.45, 7) is 2.30. The SMILES string of the molecule is NNC(=S)NCCOCC1CC1. The largest absolute Gasteiger partial charge is 0.379 e. The minimum atomic E-state index is 0.463. The number of ether oxygens (including phenoxy) is 1. The third-order valence-electron chi connectivity index (χ3n) is 1.71. The number of rotatable bonds is 5. The minimum absolute atomic E-state index is 0.463. The molecule has 0 aromatic carbocycles. The molecule has 0 saturated heterocycles. The first kappa shape index (κ1) is 9.70. The molecule has 0 aromatic heterocycles. The molecule has 70 valence electrons. The molecule has 1 aliphatic rings. The summed E-state index contributed by atoms with van der Waals surface area (Å²) in [5.41, 5.74) is 2.34. The molecule has 1 saturated carbocycles. The molecule has 0 bridgehead atoms. The van der Waals surface area contributed by atoms with E-state index in [1.54, 1.807) is 0 Å². The minimum Gasteiger partial charge on any atom is -0.379 e. The van der Waals surface area contributed by atoms with Gasteiger partial charge >= 0.3 is 0 Å². The van der Waals surface area contributed by atoms with Gasteiger partial charge in [0, 0.05) is 13.2 Å². The molecule has 0 aromatic rings. The Balaban J connectivity index is 1.78. The highest BCUT2D eigenvalue weighted by Gasteiger charge is 2.20. The van der Waals surface area contributed by atoms with E-state index < -0.39 is 0 Å². The Morgan fingerprint density at radius 1 is 1.58 bits per heavy atom. The lowest BCUT2D eigenvalue weighted by molar-refractivity contribution is 0.129. The Kier molecular flexibility index (Phi) is 4.27. The van der Waals surface area contributed by atoms with Crippen molar-refractivity contribution in [3.05, 3.63) is 0 Å².